The Kier molecular flexibility index (Phi) is 6.22. The van der Waals surface area contributed by atoms with Crippen molar-refractivity contribution in [3.63, 3.8) is 0 Å². The molecule has 4 nitrogen and oxygen atoms in total. The zero-order chi connectivity index (χ0) is 13.4. The van der Waals surface area contributed by atoms with Gasteiger partial charge in [-0.05, 0) is 37.5 Å². The molecule has 0 aromatic heterocycles. The highest BCUT2D eigenvalue weighted by Gasteiger charge is 2.03. The average Bonchev–Trinajstić information content (AvgIpc) is 2.33. The Balaban J connectivity index is 2.44. The Morgan fingerprint density at radius 3 is 2.94 bits per heavy atom. The lowest BCUT2D eigenvalue weighted by Crippen LogP contribution is -2.29. The minimum atomic E-state index is -0.0885. The van der Waals surface area contributed by atoms with Gasteiger partial charge in [-0.15, -0.1) is 0 Å². The summed E-state index contributed by atoms with van der Waals surface area (Å²) in [7, 11) is 0. The highest BCUT2D eigenvalue weighted by Crippen LogP contribution is 2.14. The van der Waals surface area contributed by atoms with Gasteiger partial charge < -0.3 is 15.8 Å². The van der Waals surface area contributed by atoms with Crippen molar-refractivity contribution in [1.82, 2.24) is 5.32 Å². The third-order valence-electron chi connectivity index (χ3n) is 2.40. The van der Waals surface area contributed by atoms with Gasteiger partial charge in [0, 0.05) is 12.6 Å². The molecule has 0 saturated carbocycles. The molecular formula is C14H22N2O2. The third kappa shape index (κ3) is 5.68. The monoisotopic (exact) mass is 250 g/mol. The number of hydrogen-bond acceptors (Lipinski definition) is 3. The lowest BCUT2D eigenvalue weighted by molar-refractivity contribution is -0.123. The first kappa shape index (κ1) is 14.5. The van der Waals surface area contributed by atoms with Gasteiger partial charge in [-0.1, -0.05) is 19.1 Å². The van der Waals surface area contributed by atoms with E-state index in [1.54, 1.807) is 0 Å². The largest absolute Gasteiger partial charge is 0.484 e. The Labute approximate surface area is 109 Å². The molecule has 1 unspecified atom stereocenters. The zero-order valence-corrected chi connectivity index (χ0v) is 11.1. The molecule has 1 amide bonds. The molecule has 0 aliphatic rings. The first-order valence-electron chi connectivity index (χ1n) is 6.35. The van der Waals surface area contributed by atoms with Crippen LogP contribution in [0.25, 0.3) is 0 Å². The summed E-state index contributed by atoms with van der Waals surface area (Å²) >= 11 is 0. The van der Waals surface area contributed by atoms with E-state index < -0.39 is 0 Å². The molecule has 0 aliphatic carbocycles. The van der Waals surface area contributed by atoms with Crippen LogP contribution in [-0.2, 0) is 11.2 Å². The van der Waals surface area contributed by atoms with Crippen LogP contribution in [0.5, 0.6) is 5.75 Å². The van der Waals surface area contributed by atoms with Gasteiger partial charge in [-0.3, -0.25) is 4.79 Å². The smallest absolute Gasteiger partial charge is 0.257 e. The van der Waals surface area contributed by atoms with E-state index in [0.29, 0.717) is 12.3 Å². The van der Waals surface area contributed by atoms with Crippen LogP contribution in [0.15, 0.2) is 24.3 Å². The fourth-order valence-corrected chi connectivity index (χ4v) is 1.60. The lowest BCUT2D eigenvalue weighted by atomic mass is 10.1. The van der Waals surface area contributed by atoms with Crippen LogP contribution in [0, 0.1) is 0 Å². The van der Waals surface area contributed by atoms with Crippen LogP contribution in [0.4, 0.5) is 0 Å². The minimum Gasteiger partial charge on any atom is -0.484 e. The van der Waals surface area contributed by atoms with E-state index in [4.69, 9.17) is 10.5 Å². The quantitative estimate of drug-likeness (QED) is 0.770. The van der Waals surface area contributed by atoms with Crippen LogP contribution >= 0.6 is 0 Å². The second kappa shape index (κ2) is 7.71. The van der Waals surface area contributed by atoms with Crippen molar-refractivity contribution in [2.45, 2.75) is 32.7 Å². The molecule has 100 valence electrons. The van der Waals surface area contributed by atoms with Gasteiger partial charge in [-0.25, -0.2) is 0 Å². The highest BCUT2D eigenvalue weighted by atomic mass is 16.5. The molecule has 0 fully saturated rings. The molecule has 0 saturated heterocycles. The van der Waals surface area contributed by atoms with Crippen molar-refractivity contribution in [1.29, 1.82) is 0 Å². The molecule has 0 aliphatic heterocycles. The number of carbonyl (C=O) groups excluding carboxylic acids is 1. The summed E-state index contributed by atoms with van der Waals surface area (Å²) in [6, 6.07) is 7.81. The van der Waals surface area contributed by atoms with Crippen LogP contribution in [0.1, 0.15) is 25.8 Å². The van der Waals surface area contributed by atoms with Gasteiger partial charge in [0.25, 0.3) is 5.91 Å². The molecule has 1 rings (SSSR count). The highest BCUT2D eigenvalue weighted by molar-refractivity contribution is 5.77. The molecule has 0 radical (unpaired) electrons. The average molecular weight is 250 g/mol. The number of nitrogens with one attached hydrogen (secondary N) is 1. The van der Waals surface area contributed by atoms with Crippen molar-refractivity contribution >= 4 is 5.91 Å². The SMILES string of the molecule is CCCNC(=O)COc1cccc(CC(C)N)c1. The second-order valence-electron chi connectivity index (χ2n) is 4.47. The maximum atomic E-state index is 11.4. The number of amides is 1. The molecule has 1 atom stereocenters. The van der Waals surface area contributed by atoms with E-state index in [2.05, 4.69) is 5.32 Å². The summed E-state index contributed by atoms with van der Waals surface area (Å²) in [6.45, 7) is 4.72. The zero-order valence-electron chi connectivity index (χ0n) is 11.1. The number of ether oxygens (including phenoxy) is 1. The maximum absolute atomic E-state index is 11.4. The number of carbonyl (C=O) groups is 1. The van der Waals surface area contributed by atoms with Gasteiger partial charge in [-0.2, -0.15) is 0 Å². The van der Waals surface area contributed by atoms with E-state index in [9.17, 15) is 4.79 Å². The van der Waals surface area contributed by atoms with Crippen molar-refractivity contribution < 1.29 is 9.53 Å². The number of benzene rings is 1. The first-order chi connectivity index (χ1) is 8.61. The maximum Gasteiger partial charge on any atom is 0.257 e. The summed E-state index contributed by atoms with van der Waals surface area (Å²) in [4.78, 5) is 11.4. The second-order valence-corrected chi connectivity index (χ2v) is 4.47. The van der Waals surface area contributed by atoms with Crippen molar-refractivity contribution in [3.05, 3.63) is 29.8 Å². The van der Waals surface area contributed by atoms with E-state index in [1.807, 2.05) is 38.1 Å². The lowest BCUT2D eigenvalue weighted by Gasteiger charge is -2.09. The molecular weight excluding hydrogens is 228 g/mol. The Bertz CT molecular complexity index is 378. The topological polar surface area (TPSA) is 64.3 Å². The summed E-state index contributed by atoms with van der Waals surface area (Å²) < 4.78 is 5.43. The normalized spacial score (nSPS) is 11.9. The van der Waals surface area contributed by atoms with Gasteiger partial charge in [0.05, 0.1) is 0 Å². The van der Waals surface area contributed by atoms with Crippen LogP contribution in [0.2, 0.25) is 0 Å². The molecule has 0 spiro atoms. The Morgan fingerprint density at radius 1 is 1.50 bits per heavy atom. The van der Waals surface area contributed by atoms with Crippen LogP contribution in [0.3, 0.4) is 0 Å². The number of hydrogen-bond donors (Lipinski definition) is 2. The summed E-state index contributed by atoms with van der Waals surface area (Å²) in [5, 5.41) is 2.77. The van der Waals surface area contributed by atoms with Crippen molar-refractivity contribution in [3.8, 4) is 5.75 Å². The number of rotatable bonds is 7. The van der Waals surface area contributed by atoms with Crippen molar-refractivity contribution in [2.75, 3.05) is 13.2 Å². The minimum absolute atomic E-state index is 0.0572. The van der Waals surface area contributed by atoms with E-state index in [0.717, 1.165) is 18.4 Å². The molecule has 3 N–H and O–H groups in total. The van der Waals surface area contributed by atoms with Crippen LogP contribution < -0.4 is 15.8 Å². The van der Waals surface area contributed by atoms with Gasteiger partial charge in [0.1, 0.15) is 5.75 Å². The molecule has 1 aromatic carbocycles. The van der Waals surface area contributed by atoms with Gasteiger partial charge in [0.2, 0.25) is 0 Å². The molecule has 0 heterocycles. The fraction of sp³-hybridized carbons (Fsp3) is 0.500. The fourth-order valence-electron chi connectivity index (χ4n) is 1.60. The molecule has 0 bridgehead atoms. The van der Waals surface area contributed by atoms with E-state index >= 15 is 0 Å². The summed E-state index contributed by atoms with van der Waals surface area (Å²) in [6.07, 6.45) is 1.73. The molecule has 18 heavy (non-hydrogen) atoms. The van der Waals surface area contributed by atoms with Crippen LogP contribution in [-0.4, -0.2) is 25.1 Å². The molecule has 1 aromatic rings. The van der Waals surface area contributed by atoms with Gasteiger partial charge in [0.15, 0.2) is 6.61 Å². The predicted octanol–water partition coefficient (Wildman–Crippen LogP) is 1.48. The first-order valence-corrected chi connectivity index (χ1v) is 6.35. The number of nitrogens with two attached hydrogens (primary N) is 1. The van der Waals surface area contributed by atoms with Crippen molar-refractivity contribution in [2.24, 2.45) is 5.73 Å². The molecule has 4 heteroatoms. The Morgan fingerprint density at radius 2 is 2.28 bits per heavy atom. The van der Waals surface area contributed by atoms with Gasteiger partial charge >= 0.3 is 0 Å². The van der Waals surface area contributed by atoms with E-state index in [-0.39, 0.29) is 18.6 Å². The Hall–Kier alpha value is -1.55. The standard InChI is InChI=1S/C14H22N2O2/c1-3-7-16-14(17)10-18-13-6-4-5-12(9-13)8-11(2)15/h4-6,9,11H,3,7-8,10,15H2,1-2H3,(H,16,17). The summed E-state index contributed by atoms with van der Waals surface area (Å²) in [5.74, 6) is 0.620. The third-order valence-corrected chi connectivity index (χ3v) is 2.40. The predicted molar refractivity (Wildman–Crippen MR) is 72.6 cm³/mol. The summed E-state index contributed by atoms with van der Waals surface area (Å²) in [5.41, 5.74) is 6.87. The van der Waals surface area contributed by atoms with E-state index in [1.165, 1.54) is 0 Å².